The minimum absolute atomic E-state index is 0.00591. The van der Waals surface area contributed by atoms with Crippen LogP contribution < -0.4 is 5.32 Å². The van der Waals surface area contributed by atoms with Crippen molar-refractivity contribution in [3.8, 4) is 0 Å². The van der Waals surface area contributed by atoms with Crippen molar-refractivity contribution < 1.29 is 9.72 Å². The molecule has 7 heteroatoms. The van der Waals surface area contributed by atoms with E-state index in [1.807, 2.05) is 30.0 Å². The molecule has 1 aliphatic rings. The first-order valence-corrected chi connectivity index (χ1v) is 9.47. The van der Waals surface area contributed by atoms with Crippen molar-refractivity contribution in [1.29, 1.82) is 0 Å². The number of carbonyl (C=O) groups excluding carboxylic acids is 1. The minimum Gasteiger partial charge on any atom is -0.351 e. The van der Waals surface area contributed by atoms with E-state index in [0.29, 0.717) is 22.8 Å². The van der Waals surface area contributed by atoms with E-state index in [4.69, 9.17) is 12.2 Å². The molecule has 1 atom stereocenters. The number of nitro groups is 1. The number of nitro benzene ring substituents is 1. The van der Waals surface area contributed by atoms with Gasteiger partial charge in [-0.05, 0) is 43.3 Å². The standard InChI is InChI=1S/C21H21N3O3S/c1-3-13-23-14(2)18(20(25)16-7-5-4-6-8-16)19(22-21(23)28)15-9-11-17(12-10-15)24(26)27/h4-12,19H,3,13H2,1-2H3,(H,22,28). The van der Waals surface area contributed by atoms with Crippen molar-refractivity contribution in [3.63, 3.8) is 0 Å². The second-order valence-corrected chi connectivity index (χ2v) is 6.96. The number of benzene rings is 2. The fraction of sp³-hybridized carbons (Fsp3) is 0.238. The smallest absolute Gasteiger partial charge is 0.269 e. The molecule has 6 nitrogen and oxygen atoms in total. The Morgan fingerprint density at radius 1 is 1.18 bits per heavy atom. The number of rotatable bonds is 6. The third kappa shape index (κ3) is 3.80. The van der Waals surface area contributed by atoms with Crippen LogP contribution in [0.5, 0.6) is 0 Å². The molecule has 0 saturated carbocycles. The van der Waals surface area contributed by atoms with Crippen LogP contribution in [-0.2, 0) is 0 Å². The Balaban J connectivity index is 2.09. The summed E-state index contributed by atoms with van der Waals surface area (Å²) in [6, 6.07) is 14.8. The summed E-state index contributed by atoms with van der Waals surface area (Å²) in [5.74, 6) is -0.0856. The first-order chi connectivity index (χ1) is 13.4. The lowest BCUT2D eigenvalue weighted by Crippen LogP contribution is -2.47. The quantitative estimate of drug-likeness (QED) is 0.338. The Hall–Kier alpha value is -3.06. The largest absolute Gasteiger partial charge is 0.351 e. The molecule has 0 aliphatic carbocycles. The fourth-order valence-corrected chi connectivity index (χ4v) is 3.70. The molecule has 2 aromatic rings. The highest BCUT2D eigenvalue weighted by Crippen LogP contribution is 2.33. The van der Waals surface area contributed by atoms with Gasteiger partial charge in [0.05, 0.1) is 11.0 Å². The predicted molar refractivity (Wildman–Crippen MR) is 112 cm³/mol. The Morgan fingerprint density at radius 2 is 1.82 bits per heavy atom. The summed E-state index contributed by atoms with van der Waals surface area (Å²) < 4.78 is 0. The topological polar surface area (TPSA) is 75.5 Å². The van der Waals surface area contributed by atoms with Gasteiger partial charge in [-0.25, -0.2) is 0 Å². The van der Waals surface area contributed by atoms with E-state index in [1.54, 1.807) is 24.3 Å². The van der Waals surface area contributed by atoms with Crippen LogP contribution in [-0.4, -0.2) is 27.3 Å². The summed E-state index contributed by atoms with van der Waals surface area (Å²) in [7, 11) is 0. The van der Waals surface area contributed by atoms with Gasteiger partial charge in [-0.2, -0.15) is 0 Å². The maximum Gasteiger partial charge on any atom is 0.269 e. The van der Waals surface area contributed by atoms with Crippen LogP contribution in [0.3, 0.4) is 0 Å². The lowest BCUT2D eigenvalue weighted by Gasteiger charge is -2.38. The first kappa shape index (κ1) is 19.7. The van der Waals surface area contributed by atoms with Gasteiger partial charge in [-0.1, -0.05) is 37.3 Å². The molecular formula is C21H21N3O3S. The van der Waals surface area contributed by atoms with Gasteiger partial charge < -0.3 is 10.2 Å². The molecule has 1 aliphatic heterocycles. The normalized spacial score (nSPS) is 16.7. The zero-order valence-electron chi connectivity index (χ0n) is 15.7. The molecule has 0 saturated heterocycles. The number of ketones is 1. The Labute approximate surface area is 169 Å². The van der Waals surface area contributed by atoms with Gasteiger partial charge in [-0.15, -0.1) is 0 Å². The number of thiocarbonyl (C=S) groups is 1. The summed E-state index contributed by atoms with van der Waals surface area (Å²) in [5.41, 5.74) is 2.76. The van der Waals surface area contributed by atoms with E-state index in [-0.39, 0.29) is 11.5 Å². The molecule has 144 valence electrons. The number of hydrogen-bond donors (Lipinski definition) is 1. The maximum atomic E-state index is 13.3. The Bertz CT molecular complexity index is 939. The molecule has 0 radical (unpaired) electrons. The average Bonchev–Trinajstić information content (AvgIpc) is 2.71. The van der Waals surface area contributed by atoms with Crippen LogP contribution in [0.4, 0.5) is 5.69 Å². The SMILES string of the molecule is CCCN1C(=S)NC(c2ccc([N+](=O)[O-])cc2)C(C(=O)c2ccccc2)=C1C. The summed E-state index contributed by atoms with van der Waals surface area (Å²) in [6.45, 7) is 4.66. The molecule has 1 N–H and O–H groups in total. The lowest BCUT2D eigenvalue weighted by atomic mass is 9.89. The summed E-state index contributed by atoms with van der Waals surface area (Å²) >= 11 is 5.53. The van der Waals surface area contributed by atoms with Gasteiger partial charge in [0.1, 0.15) is 0 Å². The van der Waals surface area contributed by atoms with Crippen LogP contribution in [0.25, 0.3) is 0 Å². The predicted octanol–water partition coefficient (Wildman–Crippen LogP) is 4.39. The molecule has 1 heterocycles. The highest BCUT2D eigenvalue weighted by atomic mass is 32.1. The van der Waals surface area contributed by atoms with Gasteiger partial charge in [0.25, 0.3) is 5.69 Å². The summed E-state index contributed by atoms with van der Waals surface area (Å²) in [4.78, 5) is 25.8. The van der Waals surface area contributed by atoms with Crippen LogP contribution in [0.2, 0.25) is 0 Å². The zero-order chi connectivity index (χ0) is 20.3. The number of carbonyl (C=O) groups is 1. The van der Waals surface area contributed by atoms with E-state index >= 15 is 0 Å². The van der Waals surface area contributed by atoms with Gasteiger partial charge >= 0.3 is 0 Å². The van der Waals surface area contributed by atoms with Crippen molar-refractivity contribution in [3.05, 3.63) is 87.1 Å². The number of allylic oxidation sites excluding steroid dienone is 1. The molecule has 0 spiro atoms. The molecular weight excluding hydrogens is 374 g/mol. The summed E-state index contributed by atoms with van der Waals surface area (Å²) in [6.07, 6.45) is 0.883. The zero-order valence-corrected chi connectivity index (χ0v) is 16.5. The monoisotopic (exact) mass is 395 g/mol. The summed E-state index contributed by atoms with van der Waals surface area (Å²) in [5, 5.41) is 14.8. The molecule has 0 bridgehead atoms. The minimum atomic E-state index is -0.464. The van der Waals surface area contributed by atoms with Crippen LogP contribution in [0, 0.1) is 10.1 Å². The van der Waals surface area contributed by atoms with E-state index in [2.05, 4.69) is 12.2 Å². The van der Waals surface area contributed by atoms with Gasteiger partial charge in [0, 0.05) is 35.5 Å². The number of nitrogens with zero attached hydrogens (tertiary/aromatic N) is 2. The molecule has 2 aromatic carbocycles. The van der Waals surface area contributed by atoms with Crippen molar-refractivity contribution >= 4 is 28.8 Å². The van der Waals surface area contributed by atoms with Crippen LogP contribution >= 0.6 is 12.2 Å². The first-order valence-electron chi connectivity index (χ1n) is 9.07. The van der Waals surface area contributed by atoms with Crippen LogP contribution in [0.1, 0.15) is 42.2 Å². The number of non-ortho nitro benzene ring substituents is 1. The van der Waals surface area contributed by atoms with E-state index in [9.17, 15) is 14.9 Å². The average molecular weight is 395 g/mol. The van der Waals surface area contributed by atoms with Crippen molar-refractivity contribution in [2.45, 2.75) is 26.3 Å². The molecule has 1 unspecified atom stereocenters. The van der Waals surface area contributed by atoms with Crippen molar-refractivity contribution in [2.24, 2.45) is 0 Å². The van der Waals surface area contributed by atoms with E-state index in [1.165, 1.54) is 12.1 Å². The van der Waals surface area contributed by atoms with Crippen molar-refractivity contribution in [1.82, 2.24) is 10.2 Å². The van der Waals surface area contributed by atoms with Gasteiger partial charge in [0.15, 0.2) is 10.9 Å². The molecule has 3 rings (SSSR count). The maximum absolute atomic E-state index is 13.3. The second kappa shape index (κ2) is 8.31. The highest BCUT2D eigenvalue weighted by molar-refractivity contribution is 7.80. The number of nitrogens with one attached hydrogen (secondary N) is 1. The van der Waals surface area contributed by atoms with Crippen LogP contribution in [0.15, 0.2) is 65.9 Å². The molecule has 0 amide bonds. The third-order valence-corrected chi connectivity index (χ3v) is 5.10. The highest BCUT2D eigenvalue weighted by Gasteiger charge is 2.34. The van der Waals surface area contributed by atoms with Crippen molar-refractivity contribution in [2.75, 3.05) is 6.54 Å². The lowest BCUT2D eigenvalue weighted by molar-refractivity contribution is -0.384. The van der Waals surface area contributed by atoms with E-state index in [0.717, 1.165) is 17.7 Å². The number of Topliss-reactive ketones (excluding diaryl/α,β-unsaturated/α-hetero) is 1. The second-order valence-electron chi connectivity index (χ2n) is 6.58. The molecule has 28 heavy (non-hydrogen) atoms. The number of hydrogen-bond acceptors (Lipinski definition) is 4. The van der Waals surface area contributed by atoms with E-state index < -0.39 is 11.0 Å². The van der Waals surface area contributed by atoms with Gasteiger partial charge in [-0.3, -0.25) is 14.9 Å². The third-order valence-electron chi connectivity index (χ3n) is 4.76. The Morgan fingerprint density at radius 3 is 2.39 bits per heavy atom. The Kier molecular flexibility index (Phi) is 5.84. The molecule has 0 fully saturated rings. The molecule has 0 aromatic heterocycles. The van der Waals surface area contributed by atoms with Gasteiger partial charge in [0.2, 0.25) is 0 Å². The fourth-order valence-electron chi connectivity index (χ4n) is 3.35.